The Kier molecular flexibility index (Phi) is 5.23. The lowest BCUT2D eigenvalue weighted by Crippen LogP contribution is -2.47. The van der Waals surface area contributed by atoms with Crippen LogP contribution in [0, 0.1) is 5.41 Å². The number of carbonyl (C=O) groups is 2. The third-order valence-corrected chi connectivity index (χ3v) is 2.25. The molecule has 0 bridgehead atoms. The Labute approximate surface area is 109 Å². The van der Waals surface area contributed by atoms with E-state index in [2.05, 4.69) is 0 Å². The molecule has 0 saturated carbocycles. The minimum atomic E-state index is -4.75. The van der Waals surface area contributed by atoms with Gasteiger partial charge in [0.1, 0.15) is 5.60 Å². The van der Waals surface area contributed by atoms with Crippen molar-refractivity contribution in [2.75, 3.05) is 6.54 Å². The number of hydrogen-bond acceptors (Lipinski definition) is 3. The Bertz CT molecular complexity index is 349. The van der Waals surface area contributed by atoms with Crippen LogP contribution < -0.4 is 5.32 Å². The number of aliphatic carboxylic acids is 1. The van der Waals surface area contributed by atoms with Crippen LogP contribution in [0.5, 0.6) is 0 Å². The van der Waals surface area contributed by atoms with Gasteiger partial charge in [-0.05, 0) is 27.7 Å². The molecule has 0 aliphatic carbocycles. The summed E-state index contributed by atoms with van der Waals surface area (Å²) in [6.45, 7) is 4.56. The maximum absolute atomic E-state index is 12.8. The molecule has 0 saturated heterocycles. The lowest BCUT2D eigenvalue weighted by atomic mass is 9.86. The summed E-state index contributed by atoms with van der Waals surface area (Å²) in [6.07, 6.45) is -6.90. The molecule has 19 heavy (non-hydrogen) atoms. The molecule has 1 atom stereocenters. The van der Waals surface area contributed by atoms with Crippen molar-refractivity contribution in [1.82, 2.24) is 5.32 Å². The van der Waals surface area contributed by atoms with E-state index in [0.717, 1.165) is 6.92 Å². The van der Waals surface area contributed by atoms with E-state index in [0.29, 0.717) is 0 Å². The molecule has 0 aromatic heterocycles. The first-order valence-corrected chi connectivity index (χ1v) is 5.52. The van der Waals surface area contributed by atoms with E-state index in [1.165, 1.54) is 0 Å². The molecule has 1 unspecified atom stereocenters. The van der Waals surface area contributed by atoms with Crippen LogP contribution in [0.15, 0.2) is 0 Å². The number of alkyl carbamates (subject to hydrolysis) is 1. The third kappa shape index (κ3) is 6.30. The van der Waals surface area contributed by atoms with Crippen LogP contribution in [0.1, 0.15) is 34.1 Å². The Morgan fingerprint density at radius 2 is 1.63 bits per heavy atom. The largest absolute Gasteiger partial charge is 0.481 e. The second-order valence-electron chi connectivity index (χ2n) is 5.48. The fourth-order valence-electron chi connectivity index (χ4n) is 1.18. The van der Waals surface area contributed by atoms with Crippen molar-refractivity contribution < 1.29 is 32.6 Å². The quantitative estimate of drug-likeness (QED) is 0.832. The number of carbonyl (C=O) groups excluding carboxylic acids is 1. The standard InChI is InChI=1S/C11H18F3NO4/c1-9(2,3)19-8(18)15-6-10(4,5-7(16)17)11(12,13)14/h5-6H2,1-4H3,(H,15,18)(H,16,17). The topological polar surface area (TPSA) is 75.6 Å². The van der Waals surface area contributed by atoms with Gasteiger partial charge in [0.2, 0.25) is 0 Å². The van der Waals surface area contributed by atoms with Crippen LogP contribution in [-0.4, -0.2) is 35.5 Å². The molecule has 0 aliphatic heterocycles. The van der Waals surface area contributed by atoms with E-state index in [4.69, 9.17) is 9.84 Å². The zero-order valence-electron chi connectivity index (χ0n) is 11.2. The zero-order chi connectivity index (χ0) is 15.5. The molecule has 2 N–H and O–H groups in total. The van der Waals surface area contributed by atoms with Gasteiger partial charge in [-0.25, -0.2) is 4.79 Å². The Morgan fingerprint density at radius 1 is 1.16 bits per heavy atom. The second kappa shape index (κ2) is 5.66. The van der Waals surface area contributed by atoms with E-state index in [1.807, 2.05) is 5.32 Å². The van der Waals surface area contributed by atoms with Crippen LogP contribution in [0.4, 0.5) is 18.0 Å². The van der Waals surface area contributed by atoms with Crippen molar-refractivity contribution in [1.29, 1.82) is 0 Å². The number of carboxylic acid groups (broad SMARTS) is 1. The summed E-state index contributed by atoms with van der Waals surface area (Å²) in [5, 5.41) is 10.5. The van der Waals surface area contributed by atoms with Crippen molar-refractivity contribution in [2.24, 2.45) is 5.41 Å². The van der Waals surface area contributed by atoms with Gasteiger partial charge < -0.3 is 15.2 Å². The second-order valence-corrected chi connectivity index (χ2v) is 5.48. The van der Waals surface area contributed by atoms with Crippen LogP contribution in [0.25, 0.3) is 0 Å². The molecule has 5 nitrogen and oxygen atoms in total. The van der Waals surface area contributed by atoms with Gasteiger partial charge in [0.15, 0.2) is 0 Å². The fraction of sp³-hybridized carbons (Fsp3) is 0.818. The molecule has 0 fully saturated rings. The number of hydrogen-bond donors (Lipinski definition) is 2. The number of halogens is 3. The summed E-state index contributed by atoms with van der Waals surface area (Å²) >= 11 is 0. The molecular formula is C11H18F3NO4. The van der Waals surface area contributed by atoms with Crippen molar-refractivity contribution >= 4 is 12.1 Å². The summed E-state index contributed by atoms with van der Waals surface area (Å²) in [5.74, 6) is -1.59. The van der Waals surface area contributed by atoms with Gasteiger partial charge in [-0.3, -0.25) is 4.79 Å². The van der Waals surface area contributed by atoms with E-state index < -0.39 is 42.2 Å². The predicted molar refractivity (Wildman–Crippen MR) is 60.7 cm³/mol. The van der Waals surface area contributed by atoms with Crippen molar-refractivity contribution in [2.45, 2.75) is 45.9 Å². The van der Waals surface area contributed by atoms with E-state index in [-0.39, 0.29) is 0 Å². The Hall–Kier alpha value is -1.47. The molecule has 0 aromatic carbocycles. The molecule has 0 spiro atoms. The van der Waals surface area contributed by atoms with Gasteiger partial charge >= 0.3 is 18.2 Å². The summed E-state index contributed by atoms with van der Waals surface area (Å²) in [7, 11) is 0. The third-order valence-electron chi connectivity index (χ3n) is 2.25. The summed E-state index contributed by atoms with van der Waals surface area (Å²) < 4.78 is 43.2. The lowest BCUT2D eigenvalue weighted by molar-refractivity contribution is -0.220. The SMILES string of the molecule is CC(C)(C)OC(=O)NCC(C)(CC(=O)O)C(F)(F)F. The first kappa shape index (κ1) is 17.5. The van der Waals surface area contributed by atoms with E-state index in [9.17, 15) is 22.8 Å². The van der Waals surface area contributed by atoms with Crippen LogP contribution in [0.2, 0.25) is 0 Å². The van der Waals surface area contributed by atoms with Crippen molar-refractivity contribution in [3.8, 4) is 0 Å². The van der Waals surface area contributed by atoms with Crippen LogP contribution in [-0.2, 0) is 9.53 Å². The number of alkyl halides is 3. The average molecular weight is 285 g/mol. The summed E-state index contributed by atoms with van der Waals surface area (Å²) in [6, 6.07) is 0. The molecule has 112 valence electrons. The number of nitrogens with one attached hydrogen (secondary N) is 1. The highest BCUT2D eigenvalue weighted by atomic mass is 19.4. The normalized spacial score (nSPS) is 15.5. The molecule has 0 radical (unpaired) electrons. The Balaban J connectivity index is 4.70. The Morgan fingerprint density at radius 3 is 1.95 bits per heavy atom. The maximum Gasteiger partial charge on any atom is 0.407 e. The molecule has 0 rings (SSSR count). The van der Waals surface area contributed by atoms with Gasteiger partial charge in [-0.1, -0.05) is 0 Å². The molecular weight excluding hydrogens is 267 g/mol. The number of rotatable bonds is 4. The number of amides is 1. The molecule has 1 amide bonds. The molecule has 0 aromatic rings. The fourth-order valence-corrected chi connectivity index (χ4v) is 1.18. The number of carboxylic acids is 1. The van der Waals surface area contributed by atoms with Gasteiger partial charge in [0, 0.05) is 6.54 Å². The number of ether oxygens (including phenoxy) is 1. The van der Waals surface area contributed by atoms with Crippen molar-refractivity contribution in [3.05, 3.63) is 0 Å². The predicted octanol–water partition coefficient (Wildman–Crippen LogP) is 2.55. The van der Waals surface area contributed by atoms with E-state index >= 15 is 0 Å². The lowest BCUT2D eigenvalue weighted by Gasteiger charge is -2.31. The van der Waals surface area contributed by atoms with Gasteiger partial charge in [-0.2, -0.15) is 13.2 Å². The van der Waals surface area contributed by atoms with Gasteiger partial charge in [0.25, 0.3) is 0 Å². The zero-order valence-corrected chi connectivity index (χ0v) is 11.2. The van der Waals surface area contributed by atoms with Gasteiger partial charge in [0.05, 0.1) is 11.8 Å². The smallest absolute Gasteiger partial charge is 0.407 e. The molecule has 8 heteroatoms. The highest BCUT2D eigenvalue weighted by Crippen LogP contribution is 2.40. The average Bonchev–Trinajstić information content (AvgIpc) is 2.09. The highest BCUT2D eigenvalue weighted by Gasteiger charge is 2.52. The maximum atomic E-state index is 12.8. The van der Waals surface area contributed by atoms with Crippen LogP contribution in [0.3, 0.4) is 0 Å². The van der Waals surface area contributed by atoms with Gasteiger partial charge in [-0.15, -0.1) is 0 Å². The molecule has 0 heterocycles. The first-order valence-electron chi connectivity index (χ1n) is 5.52. The molecule has 0 aliphatic rings. The highest BCUT2D eigenvalue weighted by molar-refractivity contribution is 5.69. The summed E-state index contributed by atoms with van der Waals surface area (Å²) in [5.41, 5.74) is -3.39. The minimum Gasteiger partial charge on any atom is -0.481 e. The monoisotopic (exact) mass is 285 g/mol. The minimum absolute atomic E-state index is 0.735. The van der Waals surface area contributed by atoms with E-state index in [1.54, 1.807) is 20.8 Å². The summed E-state index contributed by atoms with van der Waals surface area (Å²) in [4.78, 5) is 21.8. The first-order chi connectivity index (χ1) is 8.27. The van der Waals surface area contributed by atoms with Crippen molar-refractivity contribution in [3.63, 3.8) is 0 Å². The van der Waals surface area contributed by atoms with Crippen LogP contribution >= 0.6 is 0 Å².